The molecule has 0 amide bonds. The van der Waals surface area contributed by atoms with Crippen molar-refractivity contribution in [2.45, 2.75) is 25.0 Å². The number of ether oxygens (including phenoxy) is 1. The second kappa shape index (κ2) is 7.31. The summed E-state index contributed by atoms with van der Waals surface area (Å²) in [5.74, 6) is 1.38. The number of benzene rings is 1. The molecule has 1 unspecified atom stereocenters. The van der Waals surface area contributed by atoms with Crippen LogP contribution in [0.4, 0.5) is 0 Å². The maximum absolute atomic E-state index is 9.94. The molecule has 0 bridgehead atoms. The Hall–Kier alpha value is -1.52. The molecule has 0 spiro atoms. The summed E-state index contributed by atoms with van der Waals surface area (Å²) in [6, 6.07) is 11.8. The molecule has 0 aliphatic rings. The minimum absolute atomic E-state index is 0.294. The van der Waals surface area contributed by atoms with Gasteiger partial charge >= 0.3 is 0 Å². The Balaban J connectivity index is 1.78. The van der Waals surface area contributed by atoms with Crippen LogP contribution in [0.25, 0.3) is 0 Å². The normalized spacial score (nSPS) is 12.2. The SMILES string of the molecule is Cc1cc(C)cc(OCC(O)CSc2ccccn2)c1. The number of thioether (sulfide) groups is 1. The van der Waals surface area contributed by atoms with E-state index in [9.17, 15) is 5.11 Å². The van der Waals surface area contributed by atoms with E-state index in [1.54, 1.807) is 6.20 Å². The van der Waals surface area contributed by atoms with Gasteiger partial charge < -0.3 is 9.84 Å². The van der Waals surface area contributed by atoms with Crippen molar-refractivity contribution in [3.05, 3.63) is 53.7 Å². The highest BCUT2D eigenvalue weighted by atomic mass is 32.2. The third-order valence-electron chi connectivity index (χ3n) is 2.70. The average Bonchev–Trinajstić information content (AvgIpc) is 2.43. The average molecular weight is 289 g/mol. The fourth-order valence-electron chi connectivity index (χ4n) is 1.87. The number of rotatable bonds is 6. The number of aromatic nitrogens is 1. The fourth-order valence-corrected chi connectivity index (χ4v) is 2.64. The summed E-state index contributed by atoms with van der Waals surface area (Å²) in [6.45, 7) is 4.36. The lowest BCUT2D eigenvalue weighted by Gasteiger charge is -2.12. The molecule has 0 fully saturated rings. The predicted octanol–water partition coefficient (Wildman–Crippen LogP) is 3.23. The molecule has 1 aromatic carbocycles. The highest BCUT2D eigenvalue weighted by Gasteiger charge is 2.07. The van der Waals surface area contributed by atoms with Gasteiger partial charge in [0.1, 0.15) is 12.4 Å². The van der Waals surface area contributed by atoms with Crippen molar-refractivity contribution in [1.29, 1.82) is 0 Å². The summed E-state index contributed by atoms with van der Waals surface area (Å²) < 4.78 is 5.63. The number of aliphatic hydroxyl groups is 1. The van der Waals surface area contributed by atoms with Gasteiger partial charge in [-0.15, -0.1) is 11.8 Å². The van der Waals surface area contributed by atoms with Crippen LogP contribution in [0.5, 0.6) is 5.75 Å². The van der Waals surface area contributed by atoms with Gasteiger partial charge in [0.25, 0.3) is 0 Å². The molecule has 4 heteroatoms. The van der Waals surface area contributed by atoms with Gasteiger partial charge in [-0.05, 0) is 49.2 Å². The fraction of sp³-hybridized carbons (Fsp3) is 0.312. The summed E-state index contributed by atoms with van der Waals surface area (Å²) >= 11 is 1.53. The molecule has 0 radical (unpaired) electrons. The van der Waals surface area contributed by atoms with Crippen molar-refractivity contribution in [3.8, 4) is 5.75 Å². The molecular formula is C16H19NO2S. The highest BCUT2D eigenvalue weighted by Crippen LogP contribution is 2.18. The summed E-state index contributed by atoms with van der Waals surface area (Å²) in [7, 11) is 0. The quantitative estimate of drug-likeness (QED) is 0.829. The molecule has 0 aliphatic heterocycles. The first-order valence-electron chi connectivity index (χ1n) is 6.56. The molecule has 2 rings (SSSR count). The van der Waals surface area contributed by atoms with E-state index in [2.05, 4.69) is 11.1 Å². The molecule has 1 heterocycles. The van der Waals surface area contributed by atoms with Crippen LogP contribution < -0.4 is 4.74 Å². The number of hydrogen-bond acceptors (Lipinski definition) is 4. The van der Waals surface area contributed by atoms with Crippen LogP contribution in [0.3, 0.4) is 0 Å². The Morgan fingerprint density at radius 3 is 2.60 bits per heavy atom. The number of aryl methyl sites for hydroxylation is 2. The van der Waals surface area contributed by atoms with Crippen molar-refractivity contribution in [2.24, 2.45) is 0 Å². The largest absolute Gasteiger partial charge is 0.491 e. The minimum atomic E-state index is -0.511. The first kappa shape index (κ1) is 14.9. The zero-order chi connectivity index (χ0) is 14.4. The molecule has 2 aromatic rings. The highest BCUT2D eigenvalue weighted by molar-refractivity contribution is 7.99. The van der Waals surface area contributed by atoms with Crippen LogP contribution in [-0.2, 0) is 0 Å². The Morgan fingerprint density at radius 1 is 1.20 bits per heavy atom. The zero-order valence-corrected chi connectivity index (χ0v) is 12.6. The summed E-state index contributed by atoms with van der Waals surface area (Å²) in [5.41, 5.74) is 2.33. The zero-order valence-electron chi connectivity index (χ0n) is 11.7. The number of nitrogens with zero attached hydrogens (tertiary/aromatic N) is 1. The van der Waals surface area contributed by atoms with Gasteiger partial charge in [0.05, 0.1) is 11.1 Å². The van der Waals surface area contributed by atoms with E-state index in [1.807, 2.05) is 44.2 Å². The first-order chi connectivity index (χ1) is 9.63. The standard InChI is InChI=1S/C16H19NO2S/c1-12-7-13(2)9-15(8-12)19-10-14(18)11-20-16-5-3-4-6-17-16/h3-9,14,18H,10-11H2,1-2H3. The van der Waals surface area contributed by atoms with Gasteiger partial charge in [0, 0.05) is 11.9 Å². The first-order valence-corrected chi connectivity index (χ1v) is 7.55. The van der Waals surface area contributed by atoms with Crippen LogP contribution in [0.2, 0.25) is 0 Å². The van der Waals surface area contributed by atoms with E-state index in [0.29, 0.717) is 12.4 Å². The number of aliphatic hydroxyl groups excluding tert-OH is 1. The summed E-state index contributed by atoms with van der Waals surface area (Å²) in [4.78, 5) is 4.20. The molecule has 1 aromatic heterocycles. The Morgan fingerprint density at radius 2 is 1.95 bits per heavy atom. The maximum atomic E-state index is 9.94. The van der Waals surface area contributed by atoms with Crippen molar-refractivity contribution in [2.75, 3.05) is 12.4 Å². The predicted molar refractivity (Wildman–Crippen MR) is 82.4 cm³/mol. The van der Waals surface area contributed by atoms with E-state index >= 15 is 0 Å². The van der Waals surface area contributed by atoms with E-state index in [-0.39, 0.29) is 0 Å². The lowest BCUT2D eigenvalue weighted by Crippen LogP contribution is -2.20. The Kier molecular flexibility index (Phi) is 5.44. The number of pyridine rings is 1. The Bertz CT molecular complexity index is 525. The summed E-state index contributed by atoms with van der Waals surface area (Å²) in [6.07, 6.45) is 1.24. The van der Waals surface area contributed by atoms with Crippen molar-refractivity contribution in [1.82, 2.24) is 4.98 Å². The molecule has 3 nitrogen and oxygen atoms in total. The third-order valence-corrected chi connectivity index (χ3v) is 3.79. The monoisotopic (exact) mass is 289 g/mol. The van der Waals surface area contributed by atoms with Crippen molar-refractivity contribution in [3.63, 3.8) is 0 Å². The third kappa shape index (κ3) is 4.87. The van der Waals surface area contributed by atoms with Gasteiger partial charge in [-0.3, -0.25) is 0 Å². The molecule has 0 saturated heterocycles. The topological polar surface area (TPSA) is 42.4 Å². The number of hydrogen-bond donors (Lipinski definition) is 1. The van der Waals surface area contributed by atoms with Gasteiger partial charge in [0.2, 0.25) is 0 Å². The second-order valence-corrected chi connectivity index (χ2v) is 5.81. The molecule has 0 aliphatic carbocycles. The van der Waals surface area contributed by atoms with E-state index in [1.165, 1.54) is 11.8 Å². The summed E-state index contributed by atoms with van der Waals surface area (Å²) in [5, 5.41) is 10.9. The van der Waals surface area contributed by atoms with E-state index in [4.69, 9.17) is 4.74 Å². The van der Waals surface area contributed by atoms with E-state index in [0.717, 1.165) is 21.9 Å². The van der Waals surface area contributed by atoms with Crippen LogP contribution >= 0.6 is 11.8 Å². The van der Waals surface area contributed by atoms with Crippen molar-refractivity contribution >= 4 is 11.8 Å². The minimum Gasteiger partial charge on any atom is -0.491 e. The maximum Gasteiger partial charge on any atom is 0.119 e. The van der Waals surface area contributed by atoms with Crippen LogP contribution in [0, 0.1) is 13.8 Å². The lowest BCUT2D eigenvalue weighted by atomic mass is 10.1. The van der Waals surface area contributed by atoms with Crippen LogP contribution in [0.15, 0.2) is 47.6 Å². The van der Waals surface area contributed by atoms with Gasteiger partial charge in [0.15, 0.2) is 0 Å². The van der Waals surface area contributed by atoms with Crippen molar-refractivity contribution < 1.29 is 9.84 Å². The molecular weight excluding hydrogens is 270 g/mol. The molecule has 20 heavy (non-hydrogen) atoms. The van der Waals surface area contributed by atoms with E-state index < -0.39 is 6.10 Å². The molecule has 1 atom stereocenters. The van der Waals surface area contributed by atoms with Gasteiger partial charge in [-0.25, -0.2) is 4.98 Å². The molecule has 1 N–H and O–H groups in total. The smallest absolute Gasteiger partial charge is 0.119 e. The lowest BCUT2D eigenvalue weighted by molar-refractivity contribution is 0.126. The molecule has 0 saturated carbocycles. The van der Waals surface area contributed by atoms with Gasteiger partial charge in [-0.2, -0.15) is 0 Å². The van der Waals surface area contributed by atoms with Gasteiger partial charge in [-0.1, -0.05) is 12.1 Å². The molecule has 106 valence electrons. The second-order valence-electron chi connectivity index (χ2n) is 4.77. The Labute approximate surface area is 124 Å². The van der Waals surface area contributed by atoms with Crippen LogP contribution in [0.1, 0.15) is 11.1 Å². The van der Waals surface area contributed by atoms with Crippen LogP contribution in [-0.4, -0.2) is 28.6 Å².